The Morgan fingerprint density at radius 3 is 3.31 bits per heavy atom. The second-order valence-electron chi connectivity index (χ2n) is 3.07. The molecule has 0 saturated carbocycles. The number of furan rings is 1. The monoisotopic (exact) mass is 209 g/mol. The van der Waals surface area contributed by atoms with Crippen molar-refractivity contribution < 1.29 is 4.42 Å². The number of nitrogens with one attached hydrogen (secondary N) is 1. The van der Waals surface area contributed by atoms with Crippen molar-refractivity contribution in [3.8, 4) is 11.3 Å². The van der Waals surface area contributed by atoms with Crippen LogP contribution < -0.4 is 0 Å². The minimum atomic E-state index is 0.860. The lowest BCUT2D eigenvalue weighted by Gasteiger charge is -2.08. The van der Waals surface area contributed by atoms with Gasteiger partial charge in [-0.25, -0.2) is 0 Å². The molecule has 0 aliphatic heterocycles. The fourth-order valence-electron chi connectivity index (χ4n) is 1.74. The summed E-state index contributed by atoms with van der Waals surface area (Å²) in [6, 6.07) is 2.01. The third-order valence-electron chi connectivity index (χ3n) is 2.32. The first-order valence-electron chi connectivity index (χ1n) is 4.13. The summed E-state index contributed by atoms with van der Waals surface area (Å²) in [5.41, 5.74) is 2.36. The number of aromatic amines is 1. The van der Waals surface area contributed by atoms with Gasteiger partial charge in [-0.15, -0.1) is 11.3 Å². The molecule has 1 aliphatic carbocycles. The number of hydrogen-bond acceptors (Lipinski definition) is 3. The van der Waals surface area contributed by atoms with Crippen LogP contribution in [-0.2, 0) is 12.8 Å². The van der Waals surface area contributed by atoms with Crippen molar-refractivity contribution in [1.82, 2.24) is 4.98 Å². The topological polar surface area (TPSA) is 28.9 Å². The van der Waals surface area contributed by atoms with Crippen molar-refractivity contribution in [2.24, 2.45) is 0 Å². The molecule has 1 aliphatic rings. The molecule has 13 heavy (non-hydrogen) atoms. The van der Waals surface area contributed by atoms with E-state index in [1.165, 1.54) is 16.1 Å². The van der Waals surface area contributed by atoms with E-state index in [4.69, 9.17) is 16.6 Å². The largest absolute Gasteiger partial charge is 0.469 e. The lowest BCUT2D eigenvalue weighted by molar-refractivity contribution is 0.508. The molecule has 0 saturated heterocycles. The average Bonchev–Trinajstić information content (AvgIpc) is 2.65. The van der Waals surface area contributed by atoms with Gasteiger partial charge in [0.2, 0.25) is 0 Å². The molecule has 2 nitrogen and oxygen atoms in total. The van der Waals surface area contributed by atoms with Gasteiger partial charge in [0.05, 0.1) is 12.0 Å². The highest BCUT2D eigenvalue weighted by Crippen LogP contribution is 2.35. The normalized spacial score (nSPS) is 13.8. The standard InChI is InChI=1S/C9H7NOS2/c12-9-10-8-5-3-4-11-6(5)1-2-7(8)13-9/h3-4H,1-2H2,(H,10,12). The minimum absolute atomic E-state index is 0.860. The first-order valence-corrected chi connectivity index (χ1v) is 5.36. The summed E-state index contributed by atoms with van der Waals surface area (Å²) in [4.78, 5) is 4.57. The Morgan fingerprint density at radius 1 is 1.46 bits per heavy atom. The smallest absolute Gasteiger partial charge is 0.159 e. The molecule has 3 rings (SSSR count). The Balaban J connectivity index is 2.35. The van der Waals surface area contributed by atoms with E-state index >= 15 is 0 Å². The zero-order valence-electron chi connectivity index (χ0n) is 6.79. The van der Waals surface area contributed by atoms with Crippen molar-refractivity contribution in [3.63, 3.8) is 0 Å². The highest BCUT2D eigenvalue weighted by atomic mass is 32.1. The van der Waals surface area contributed by atoms with Gasteiger partial charge in [-0.2, -0.15) is 0 Å². The molecule has 0 aromatic carbocycles. The Bertz CT molecular complexity index is 506. The average molecular weight is 209 g/mol. The fourth-order valence-corrected chi connectivity index (χ4v) is 2.99. The summed E-state index contributed by atoms with van der Waals surface area (Å²) < 4.78 is 6.23. The Kier molecular flexibility index (Phi) is 1.48. The van der Waals surface area contributed by atoms with E-state index in [1.807, 2.05) is 6.07 Å². The Hall–Kier alpha value is -0.870. The SMILES string of the molecule is S=c1[nH]c2c(s1)CCc1occc1-2. The van der Waals surface area contributed by atoms with E-state index in [2.05, 4.69) is 4.98 Å². The van der Waals surface area contributed by atoms with Gasteiger partial charge in [0.25, 0.3) is 0 Å². The molecular formula is C9H7NOS2. The second-order valence-corrected chi connectivity index (χ2v) is 4.84. The molecule has 1 N–H and O–H groups in total. The van der Waals surface area contributed by atoms with Crippen molar-refractivity contribution in [3.05, 3.63) is 26.9 Å². The number of aryl methyl sites for hydroxylation is 2. The quantitative estimate of drug-likeness (QED) is 0.675. The third kappa shape index (κ3) is 1.02. The van der Waals surface area contributed by atoms with E-state index in [-0.39, 0.29) is 0 Å². The molecule has 0 fully saturated rings. The zero-order valence-corrected chi connectivity index (χ0v) is 8.43. The predicted octanol–water partition coefficient (Wildman–Crippen LogP) is 3.16. The highest BCUT2D eigenvalue weighted by molar-refractivity contribution is 7.73. The lowest BCUT2D eigenvalue weighted by Crippen LogP contribution is -1.98. The molecule has 0 spiro atoms. The number of H-pyrrole nitrogens is 1. The lowest BCUT2D eigenvalue weighted by atomic mass is 10.0. The Labute approximate surface area is 84.2 Å². The van der Waals surface area contributed by atoms with E-state index < -0.39 is 0 Å². The summed E-state index contributed by atoms with van der Waals surface area (Å²) in [6.07, 6.45) is 3.79. The van der Waals surface area contributed by atoms with E-state index in [0.717, 1.165) is 22.6 Å². The molecule has 0 atom stereocenters. The maximum absolute atomic E-state index is 5.37. The van der Waals surface area contributed by atoms with Gasteiger partial charge in [-0.1, -0.05) is 0 Å². The first-order chi connectivity index (χ1) is 6.34. The summed E-state index contributed by atoms with van der Waals surface area (Å²) in [5, 5.41) is 0. The third-order valence-corrected chi connectivity index (χ3v) is 3.61. The maximum atomic E-state index is 5.37. The fraction of sp³-hybridized carbons (Fsp3) is 0.222. The van der Waals surface area contributed by atoms with Crippen LogP contribution in [0.15, 0.2) is 16.7 Å². The van der Waals surface area contributed by atoms with Crippen molar-refractivity contribution in [1.29, 1.82) is 0 Å². The minimum Gasteiger partial charge on any atom is -0.469 e. The first kappa shape index (κ1) is 7.53. The molecular weight excluding hydrogens is 202 g/mol. The molecule has 0 amide bonds. The zero-order chi connectivity index (χ0) is 8.84. The summed E-state index contributed by atoms with van der Waals surface area (Å²) in [6.45, 7) is 0. The van der Waals surface area contributed by atoms with Crippen LogP contribution >= 0.6 is 23.6 Å². The van der Waals surface area contributed by atoms with Crippen LogP contribution in [0.4, 0.5) is 0 Å². The molecule has 0 bridgehead atoms. The second kappa shape index (κ2) is 2.56. The van der Waals surface area contributed by atoms with Gasteiger partial charge >= 0.3 is 0 Å². The molecule has 0 unspecified atom stereocenters. The highest BCUT2D eigenvalue weighted by Gasteiger charge is 2.20. The number of fused-ring (bicyclic) bond motifs is 3. The molecule has 2 aromatic heterocycles. The van der Waals surface area contributed by atoms with Crippen LogP contribution in [0.25, 0.3) is 11.3 Å². The van der Waals surface area contributed by atoms with Crippen LogP contribution in [0.3, 0.4) is 0 Å². The van der Waals surface area contributed by atoms with Crippen molar-refractivity contribution >= 4 is 23.6 Å². The van der Waals surface area contributed by atoms with Gasteiger partial charge in [0.1, 0.15) is 5.76 Å². The van der Waals surface area contributed by atoms with Crippen LogP contribution in [0.2, 0.25) is 0 Å². The van der Waals surface area contributed by atoms with Crippen molar-refractivity contribution in [2.45, 2.75) is 12.8 Å². The summed E-state index contributed by atoms with van der Waals surface area (Å²) in [7, 11) is 0. The summed E-state index contributed by atoms with van der Waals surface area (Å²) >= 11 is 6.79. The molecule has 0 radical (unpaired) electrons. The van der Waals surface area contributed by atoms with Gasteiger partial charge in [-0.3, -0.25) is 0 Å². The predicted molar refractivity (Wildman–Crippen MR) is 54.6 cm³/mol. The maximum Gasteiger partial charge on any atom is 0.159 e. The molecule has 66 valence electrons. The molecule has 2 heterocycles. The summed E-state index contributed by atoms with van der Waals surface area (Å²) in [5.74, 6) is 1.08. The van der Waals surface area contributed by atoms with Crippen LogP contribution in [0, 0.1) is 3.95 Å². The van der Waals surface area contributed by atoms with Gasteiger partial charge in [0, 0.05) is 16.9 Å². The van der Waals surface area contributed by atoms with Gasteiger partial charge in [-0.05, 0) is 24.7 Å². The van der Waals surface area contributed by atoms with Gasteiger partial charge < -0.3 is 9.40 Å². The van der Waals surface area contributed by atoms with E-state index in [9.17, 15) is 0 Å². The number of aromatic nitrogens is 1. The van der Waals surface area contributed by atoms with Gasteiger partial charge in [0.15, 0.2) is 3.95 Å². The number of hydrogen-bond donors (Lipinski definition) is 1. The van der Waals surface area contributed by atoms with E-state index in [1.54, 1.807) is 17.6 Å². The Morgan fingerprint density at radius 2 is 2.38 bits per heavy atom. The number of rotatable bonds is 0. The number of thiazole rings is 1. The van der Waals surface area contributed by atoms with Crippen LogP contribution in [0.5, 0.6) is 0 Å². The van der Waals surface area contributed by atoms with E-state index in [0.29, 0.717) is 0 Å². The molecule has 4 heteroatoms. The van der Waals surface area contributed by atoms with Crippen molar-refractivity contribution in [2.75, 3.05) is 0 Å². The molecule has 2 aromatic rings. The van der Waals surface area contributed by atoms with Crippen LogP contribution in [0.1, 0.15) is 10.6 Å². The van der Waals surface area contributed by atoms with Crippen LogP contribution in [-0.4, -0.2) is 4.98 Å².